The van der Waals surface area contributed by atoms with E-state index in [2.05, 4.69) is 10.6 Å². The predicted molar refractivity (Wildman–Crippen MR) is 95.7 cm³/mol. The van der Waals surface area contributed by atoms with E-state index in [-0.39, 0.29) is 12.0 Å². The average molecular weight is 403 g/mol. The first kappa shape index (κ1) is 18.4. The number of amides is 3. The maximum Gasteiger partial charge on any atom is 0.321 e. The van der Waals surface area contributed by atoms with Gasteiger partial charge in [-0.15, -0.1) is 23.2 Å². The molecule has 0 radical (unpaired) electrons. The van der Waals surface area contributed by atoms with Crippen molar-refractivity contribution in [2.45, 2.75) is 61.7 Å². The second-order valence-electron chi connectivity index (χ2n) is 8.99. The molecule has 0 heterocycles. The van der Waals surface area contributed by atoms with Crippen LogP contribution in [0.25, 0.3) is 0 Å². The van der Waals surface area contributed by atoms with Gasteiger partial charge in [0.2, 0.25) is 0 Å². The fraction of sp³-hybridized carbons (Fsp3) is 0.833. The third-order valence-electron chi connectivity index (χ3n) is 6.71. The maximum atomic E-state index is 12.3. The number of esters is 1. The predicted octanol–water partition coefficient (Wildman–Crippen LogP) is 2.91. The summed E-state index contributed by atoms with van der Waals surface area (Å²) in [7, 11) is 0. The molecule has 5 saturated carbocycles. The molecule has 0 saturated heterocycles. The van der Waals surface area contributed by atoms with Gasteiger partial charge in [-0.1, -0.05) is 0 Å². The molecule has 5 aliphatic carbocycles. The second-order valence-corrected chi connectivity index (χ2v) is 10.5. The van der Waals surface area contributed by atoms with E-state index in [0.29, 0.717) is 17.8 Å². The Morgan fingerprint density at radius 1 is 1.04 bits per heavy atom. The Morgan fingerprint density at radius 2 is 1.54 bits per heavy atom. The van der Waals surface area contributed by atoms with Crippen LogP contribution in [-0.2, 0) is 14.3 Å². The van der Waals surface area contributed by atoms with Gasteiger partial charge in [0.05, 0.1) is 0 Å². The van der Waals surface area contributed by atoms with Gasteiger partial charge >= 0.3 is 12.0 Å². The standard InChI is InChI=1S/C18H24Cl2N2O4/c1-16(9-18(16,19)20)14(24)26-8-13(23)21-15(25)22-17-5-10-2-11(6-17)4-12(3-10)7-17/h10-12H,2-9H2,1H3,(H2,21,22,23,25)/t10?,11?,12?,16-,17?/m0/s1. The summed E-state index contributed by atoms with van der Waals surface area (Å²) in [6.45, 7) is 1.07. The summed E-state index contributed by atoms with van der Waals surface area (Å²) < 4.78 is 3.82. The van der Waals surface area contributed by atoms with Gasteiger partial charge in [0.15, 0.2) is 6.61 Å². The van der Waals surface area contributed by atoms with E-state index in [9.17, 15) is 14.4 Å². The molecule has 1 atom stereocenters. The van der Waals surface area contributed by atoms with Crippen molar-refractivity contribution in [2.75, 3.05) is 6.61 Å². The topological polar surface area (TPSA) is 84.5 Å². The number of ether oxygens (including phenoxy) is 1. The number of rotatable bonds is 4. The molecule has 144 valence electrons. The number of nitrogens with one attached hydrogen (secondary N) is 2. The van der Waals surface area contributed by atoms with Crippen molar-refractivity contribution in [3.8, 4) is 0 Å². The first-order valence-corrected chi connectivity index (χ1v) is 10.0. The smallest absolute Gasteiger partial charge is 0.321 e. The zero-order valence-corrected chi connectivity index (χ0v) is 16.3. The Morgan fingerprint density at radius 3 is 2.00 bits per heavy atom. The molecular weight excluding hydrogens is 379 g/mol. The molecule has 6 nitrogen and oxygen atoms in total. The number of carbonyl (C=O) groups excluding carboxylic acids is 3. The van der Waals surface area contributed by atoms with Crippen molar-refractivity contribution in [1.29, 1.82) is 0 Å². The van der Waals surface area contributed by atoms with E-state index < -0.39 is 34.3 Å². The lowest BCUT2D eigenvalue weighted by atomic mass is 9.53. The lowest BCUT2D eigenvalue weighted by molar-refractivity contribution is -0.153. The van der Waals surface area contributed by atoms with Gasteiger partial charge < -0.3 is 10.1 Å². The van der Waals surface area contributed by atoms with Gasteiger partial charge in [-0.25, -0.2) is 4.79 Å². The van der Waals surface area contributed by atoms with Crippen LogP contribution in [-0.4, -0.2) is 34.4 Å². The molecule has 8 heteroatoms. The largest absolute Gasteiger partial charge is 0.455 e. The summed E-state index contributed by atoms with van der Waals surface area (Å²) in [5.41, 5.74) is -1.16. The number of halogens is 2. The van der Waals surface area contributed by atoms with Crippen LogP contribution in [0.5, 0.6) is 0 Å². The molecule has 0 aliphatic heterocycles. The summed E-state index contributed by atoms with van der Waals surface area (Å²) in [6, 6.07) is -0.505. The van der Waals surface area contributed by atoms with Crippen molar-refractivity contribution >= 4 is 41.1 Å². The fourth-order valence-corrected chi connectivity index (χ4v) is 6.30. The molecule has 0 unspecified atom stereocenters. The molecule has 4 bridgehead atoms. The normalized spacial score (nSPS) is 41.4. The molecule has 5 rings (SSSR count). The van der Waals surface area contributed by atoms with Crippen LogP contribution in [0, 0.1) is 23.2 Å². The monoisotopic (exact) mass is 402 g/mol. The number of alkyl halides is 2. The minimum atomic E-state index is -1.14. The van der Waals surface area contributed by atoms with Gasteiger partial charge in [0.1, 0.15) is 9.75 Å². The molecular formula is C18H24Cl2N2O4. The third kappa shape index (κ3) is 3.19. The summed E-state index contributed by atoms with van der Waals surface area (Å²) >= 11 is 11.8. The molecule has 0 aromatic carbocycles. The maximum absolute atomic E-state index is 12.3. The highest BCUT2D eigenvalue weighted by molar-refractivity contribution is 6.53. The molecule has 0 aromatic heterocycles. The van der Waals surface area contributed by atoms with Gasteiger partial charge in [-0.05, 0) is 63.2 Å². The van der Waals surface area contributed by atoms with Crippen LogP contribution in [0.3, 0.4) is 0 Å². The van der Waals surface area contributed by atoms with Crippen LogP contribution in [0.4, 0.5) is 4.79 Å². The minimum absolute atomic E-state index is 0.172. The SMILES string of the molecule is C[C@@]1(C(=O)OCC(=O)NC(=O)NC23CC4CC(CC(C4)C2)C3)CC1(Cl)Cl. The van der Waals surface area contributed by atoms with Crippen LogP contribution in [0.1, 0.15) is 51.9 Å². The molecule has 5 fully saturated rings. The number of hydrogen-bond acceptors (Lipinski definition) is 4. The number of hydrogen-bond donors (Lipinski definition) is 2. The Bertz CT molecular complexity index is 630. The lowest BCUT2D eigenvalue weighted by Crippen LogP contribution is -2.62. The Hall–Kier alpha value is -1.01. The molecule has 3 amide bonds. The van der Waals surface area contributed by atoms with Crippen molar-refractivity contribution in [1.82, 2.24) is 10.6 Å². The van der Waals surface area contributed by atoms with Crippen LogP contribution in [0.2, 0.25) is 0 Å². The number of urea groups is 1. The van der Waals surface area contributed by atoms with E-state index in [0.717, 1.165) is 19.3 Å². The molecule has 0 spiro atoms. The van der Waals surface area contributed by atoms with Crippen LogP contribution in [0.15, 0.2) is 0 Å². The fourth-order valence-electron chi connectivity index (χ4n) is 5.61. The lowest BCUT2D eigenvalue weighted by Gasteiger charge is -2.56. The van der Waals surface area contributed by atoms with Gasteiger partial charge in [-0.3, -0.25) is 14.9 Å². The highest BCUT2D eigenvalue weighted by atomic mass is 35.5. The summed E-state index contributed by atoms with van der Waals surface area (Å²) in [4.78, 5) is 36.2. The number of imide groups is 1. The highest BCUT2D eigenvalue weighted by Gasteiger charge is 2.69. The van der Waals surface area contributed by atoms with E-state index >= 15 is 0 Å². The van der Waals surface area contributed by atoms with E-state index in [1.807, 2.05) is 0 Å². The molecule has 2 N–H and O–H groups in total. The van der Waals surface area contributed by atoms with Crippen molar-refractivity contribution < 1.29 is 19.1 Å². The molecule has 26 heavy (non-hydrogen) atoms. The summed E-state index contributed by atoms with van der Waals surface area (Å²) in [6.07, 6.45) is 7.12. The van der Waals surface area contributed by atoms with E-state index in [4.69, 9.17) is 27.9 Å². The average Bonchev–Trinajstić information content (AvgIpc) is 3.02. The Kier molecular flexibility index (Phi) is 4.23. The van der Waals surface area contributed by atoms with Crippen molar-refractivity contribution in [3.05, 3.63) is 0 Å². The van der Waals surface area contributed by atoms with Crippen molar-refractivity contribution in [2.24, 2.45) is 23.2 Å². The molecule has 0 aromatic rings. The highest BCUT2D eigenvalue weighted by Crippen LogP contribution is 2.64. The Balaban J connectivity index is 1.25. The first-order valence-electron chi connectivity index (χ1n) is 9.28. The quantitative estimate of drug-likeness (QED) is 0.559. The van der Waals surface area contributed by atoms with Gasteiger partial charge in [0, 0.05) is 12.0 Å². The van der Waals surface area contributed by atoms with Gasteiger partial charge in [-0.2, -0.15) is 0 Å². The van der Waals surface area contributed by atoms with Gasteiger partial charge in [0.25, 0.3) is 5.91 Å². The third-order valence-corrected chi connectivity index (χ3v) is 7.81. The first-order chi connectivity index (χ1) is 12.1. The van der Waals surface area contributed by atoms with E-state index in [1.165, 1.54) is 19.3 Å². The van der Waals surface area contributed by atoms with Crippen LogP contribution < -0.4 is 10.6 Å². The summed E-state index contributed by atoms with van der Waals surface area (Å²) in [5, 5.41) is 5.32. The van der Waals surface area contributed by atoms with Crippen molar-refractivity contribution in [3.63, 3.8) is 0 Å². The number of carbonyl (C=O) groups is 3. The Labute approximate surface area is 162 Å². The summed E-state index contributed by atoms with van der Waals surface area (Å²) in [5.74, 6) is 0.815. The zero-order chi connectivity index (χ0) is 18.7. The van der Waals surface area contributed by atoms with Crippen LogP contribution >= 0.6 is 23.2 Å². The zero-order valence-electron chi connectivity index (χ0n) is 14.8. The molecule has 5 aliphatic rings. The van der Waals surface area contributed by atoms with E-state index in [1.54, 1.807) is 6.92 Å². The second kappa shape index (κ2) is 5.99. The minimum Gasteiger partial charge on any atom is -0.455 e.